The minimum Gasteiger partial charge on any atom is -0.352 e. The van der Waals surface area contributed by atoms with Gasteiger partial charge in [-0.25, -0.2) is 22.5 Å². The number of sulfonamides is 1. The molecule has 0 saturated heterocycles. The molecule has 1 heterocycles. The van der Waals surface area contributed by atoms with Crippen molar-refractivity contribution in [3.05, 3.63) is 77.1 Å². The van der Waals surface area contributed by atoms with Gasteiger partial charge in [-0.15, -0.1) is 0 Å². The smallest absolute Gasteiger partial charge is 0.242 e. The van der Waals surface area contributed by atoms with Crippen molar-refractivity contribution in [1.29, 1.82) is 0 Å². The fourth-order valence-corrected chi connectivity index (χ4v) is 4.37. The first-order chi connectivity index (χ1) is 14.3. The van der Waals surface area contributed by atoms with Crippen LogP contribution in [0.2, 0.25) is 5.02 Å². The number of halogens is 2. The van der Waals surface area contributed by atoms with Crippen molar-refractivity contribution in [2.75, 3.05) is 6.54 Å². The third-order valence-corrected chi connectivity index (χ3v) is 6.32. The van der Waals surface area contributed by atoms with E-state index in [1.807, 2.05) is 0 Å². The third-order valence-electron chi connectivity index (χ3n) is 4.36. The van der Waals surface area contributed by atoms with Crippen LogP contribution in [-0.2, 0) is 21.4 Å². The molecular weight excluding hydrogens is 431 g/mol. The average Bonchev–Trinajstić information content (AvgIpc) is 3.12. The summed E-state index contributed by atoms with van der Waals surface area (Å²) in [5.74, 6) is -0.142. The van der Waals surface area contributed by atoms with E-state index in [0.717, 1.165) is 0 Å². The Labute approximate surface area is 178 Å². The molecule has 7 nitrogen and oxygen atoms in total. The molecule has 0 unspecified atom stereocenters. The number of hydrogen-bond acceptors (Lipinski definition) is 4. The highest BCUT2D eigenvalue weighted by Crippen LogP contribution is 2.20. The molecular formula is C20H20ClFN4O3S. The maximum atomic E-state index is 14.4. The Bertz CT molecular complexity index is 1160. The largest absolute Gasteiger partial charge is 0.352 e. The second-order valence-corrected chi connectivity index (χ2v) is 8.63. The SMILES string of the molecule is Cc1nccn1-c1ccc(CNC(=O)CCNS(=O)(=O)c2ccccc2Cl)cc1F. The Balaban J connectivity index is 1.51. The molecule has 0 aliphatic heterocycles. The van der Waals surface area contributed by atoms with Crippen LogP contribution in [0.4, 0.5) is 4.39 Å². The lowest BCUT2D eigenvalue weighted by Crippen LogP contribution is -2.30. The van der Waals surface area contributed by atoms with Crippen molar-refractivity contribution in [3.8, 4) is 5.69 Å². The standard InChI is InChI=1S/C20H20ClFN4O3S/c1-14-23-10-11-26(14)18-7-6-15(12-17(18)22)13-24-20(27)8-9-25-30(28,29)19-5-3-2-4-16(19)21/h2-7,10-12,25H,8-9,13H2,1H3,(H,24,27). The Morgan fingerprint density at radius 1 is 1.23 bits per heavy atom. The van der Waals surface area contributed by atoms with Crippen LogP contribution in [0.15, 0.2) is 59.8 Å². The molecule has 0 bridgehead atoms. The van der Waals surface area contributed by atoms with Crippen molar-refractivity contribution in [2.24, 2.45) is 0 Å². The summed E-state index contributed by atoms with van der Waals surface area (Å²) in [4.78, 5) is 16.0. The van der Waals surface area contributed by atoms with Gasteiger partial charge >= 0.3 is 0 Å². The Morgan fingerprint density at radius 2 is 2.00 bits per heavy atom. The molecule has 0 fully saturated rings. The molecule has 1 aromatic heterocycles. The van der Waals surface area contributed by atoms with Gasteiger partial charge in [-0.1, -0.05) is 29.8 Å². The fraction of sp³-hybridized carbons (Fsp3) is 0.200. The normalized spacial score (nSPS) is 11.4. The predicted octanol–water partition coefficient (Wildman–Crippen LogP) is 2.96. The molecule has 158 valence electrons. The molecule has 30 heavy (non-hydrogen) atoms. The van der Waals surface area contributed by atoms with Gasteiger partial charge in [0.15, 0.2) is 0 Å². The maximum absolute atomic E-state index is 14.4. The number of amides is 1. The summed E-state index contributed by atoms with van der Waals surface area (Å²) >= 11 is 5.90. The Hall–Kier alpha value is -2.75. The Morgan fingerprint density at radius 3 is 2.67 bits per heavy atom. The van der Waals surface area contributed by atoms with Crippen molar-refractivity contribution in [3.63, 3.8) is 0 Å². The van der Waals surface area contributed by atoms with Crippen LogP contribution in [0, 0.1) is 12.7 Å². The lowest BCUT2D eigenvalue weighted by molar-refractivity contribution is -0.121. The number of rotatable bonds is 8. The lowest BCUT2D eigenvalue weighted by atomic mass is 10.2. The van der Waals surface area contributed by atoms with Gasteiger partial charge < -0.3 is 9.88 Å². The van der Waals surface area contributed by atoms with Gasteiger partial charge in [0.05, 0.1) is 10.7 Å². The molecule has 2 aromatic carbocycles. The quantitative estimate of drug-likeness (QED) is 0.551. The third kappa shape index (κ3) is 5.24. The summed E-state index contributed by atoms with van der Waals surface area (Å²) in [6.45, 7) is 1.80. The number of aryl methyl sites for hydroxylation is 1. The Kier molecular flexibility index (Phi) is 6.86. The molecule has 0 aliphatic rings. The molecule has 10 heteroatoms. The molecule has 0 aliphatic carbocycles. The lowest BCUT2D eigenvalue weighted by Gasteiger charge is -2.10. The van der Waals surface area contributed by atoms with E-state index in [1.54, 1.807) is 48.1 Å². The van der Waals surface area contributed by atoms with E-state index in [0.29, 0.717) is 17.1 Å². The number of imidazole rings is 1. The highest BCUT2D eigenvalue weighted by Gasteiger charge is 2.17. The summed E-state index contributed by atoms with van der Waals surface area (Å²) in [6.07, 6.45) is 3.18. The second kappa shape index (κ2) is 9.38. The van der Waals surface area contributed by atoms with Gasteiger partial charge in [0, 0.05) is 31.9 Å². The number of nitrogens with zero attached hydrogens (tertiary/aromatic N) is 2. The zero-order chi connectivity index (χ0) is 21.7. The number of aromatic nitrogens is 2. The highest BCUT2D eigenvalue weighted by molar-refractivity contribution is 7.89. The topological polar surface area (TPSA) is 93.1 Å². The van der Waals surface area contributed by atoms with Gasteiger partial charge in [-0.2, -0.15) is 0 Å². The number of hydrogen-bond donors (Lipinski definition) is 2. The van der Waals surface area contributed by atoms with Gasteiger partial charge in [0.25, 0.3) is 0 Å². The molecule has 2 N–H and O–H groups in total. The summed E-state index contributed by atoms with van der Waals surface area (Å²) in [6, 6.07) is 10.7. The van der Waals surface area contributed by atoms with Crippen LogP contribution in [0.5, 0.6) is 0 Å². The summed E-state index contributed by atoms with van der Waals surface area (Å²) in [5.41, 5.74) is 0.952. The van der Waals surface area contributed by atoms with Gasteiger partial charge in [0.2, 0.25) is 15.9 Å². The molecule has 0 saturated carbocycles. The van der Waals surface area contributed by atoms with E-state index >= 15 is 0 Å². The monoisotopic (exact) mass is 450 g/mol. The highest BCUT2D eigenvalue weighted by atomic mass is 35.5. The van der Waals surface area contributed by atoms with Gasteiger partial charge in [-0.3, -0.25) is 4.79 Å². The maximum Gasteiger partial charge on any atom is 0.242 e. The number of carbonyl (C=O) groups excluding carboxylic acids is 1. The number of benzene rings is 2. The van der Waals surface area contributed by atoms with Crippen LogP contribution < -0.4 is 10.0 Å². The molecule has 3 rings (SSSR count). The van der Waals surface area contributed by atoms with Crippen LogP contribution >= 0.6 is 11.6 Å². The van der Waals surface area contributed by atoms with Crippen molar-refractivity contribution < 1.29 is 17.6 Å². The molecule has 0 atom stereocenters. The molecule has 0 radical (unpaired) electrons. The van der Waals surface area contributed by atoms with Crippen LogP contribution in [0.3, 0.4) is 0 Å². The van der Waals surface area contributed by atoms with E-state index in [1.165, 1.54) is 18.2 Å². The summed E-state index contributed by atoms with van der Waals surface area (Å²) in [5, 5.41) is 2.75. The van der Waals surface area contributed by atoms with Crippen LogP contribution in [0.1, 0.15) is 17.8 Å². The number of nitrogens with one attached hydrogen (secondary N) is 2. The zero-order valence-electron chi connectivity index (χ0n) is 16.1. The minimum absolute atomic E-state index is 0.0456. The first-order valence-corrected chi connectivity index (χ1v) is 10.9. The average molecular weight is 451 g/mol. The summed E-state index contributed by atoms with van der Waals surface area (Å²) < 4.78 is 42.8. The summed E-state index contributed by atoms with van der Waals surface area (Å²) in [7, 11) is -3.81. The van der Waals surface area contributed by atoms with Crippen LogP contribution in [-0.4, -0.2) is 30.4 Å². The van der Waals surface area contributed by atoms with Gasteiger partial charge in [-0.05, 0) is 36.8 Å². The van der Waals surface area contributed by atoms with Crippen molar-refractivity contribution in [2.45, 2.75) is 24.8 Å². The minimum atomic E-state index is -3.81. The van der Waals surface area contributed by atoms with E-state index < -0.39 is 15.8 Å². The zero-order valence-corrected chi connectivity index (χ0v) is 17.7. The van der Waals surface area contributed by atoms with E-state index in [9.17, 15) is 17.6 Å². The van der Waals surface area contributed by atoms with Crippen molar-refractivity contribution in [1.82, 2.24) is 19.6 Å². The molecule has 0 spiro atoms. The second-order valence-electron chi connectivity index (χ2n) is 6.49. The van der Waals surface area contributed by atoms with Crippen LogP contribution in [0.25, 0.3) is 5.69 Å². The molecule has 1 amide bonds. The first-order valence-electron chi connectivity index (χ1n) is 9.07. The van der Waals surface area contributed by atoms with Crippen molar-refractivity contribution >= 4 is 27.5 Å². The fourth-order valence-electron chi connectivity index (χ4n) is 2.82. The predicted molar refractivity (Wildman–Crippen MR) is 111 cm³/mol. The number of carbonyl (C=O) groups is 1. The first kappa shape index (κ1) is 21.9. The molecule has 3 aromatic rings. The van der Waals surface area contributed by atoms with Gasteiger partial charge in [0.1, 0.15) is 16.5 Å². The van der Waals surface area contributed by atoms with E-state index in [2.05, 4.69) is 15.0 Å². The van der Waals surface area contributed by atoms with E-state index in [4.69, 9.17) is 11.6 Å². The van der Waals surface area contributed by atoms with E-state index in [-0.39, 0.29) is 35.3 Å².